The number of rotatable bonds is 13. The smallest absolute Gasteiger partial charge is 0.244 e. The molecule has 0 radical (unpaired) electrons. The maximum absolute atomic E-state index is 14.1. The largest absolute Gasteiger partial charge is 0.354 e. The Labute approximate surface area is 254 Å². The summed E-state index contributed by atoms with van der Waals surface area (Å²) in [5.74, 6) is -0.875. The standard InChI is InChI=1S/C29H32BrCl2N3O4S/c1-3-4-15-33-29(37)27(17-21-9-6-5-7-10-21)34(19-22-11-8-12-23(30)16-22)28(36)20-35(40(2,38)39)26-18-24(31)13-14-25(26)32/h5-14,16,18,27H,3-4,15,17,19-20H2,1-2H3,(H,33,37). The molecule has 0 aromatic heterocycles. The molecule has 0 aliphatic rings. The Morgan fingerprint density at radius 1 is 0.975 bits per heavy atom. The third kappa shape index (κ3) is 9.23. The third-order valence-electron chi connectivity index (χ3n) is 6.20. The number of anilines is 1. The molecule has 0 heterocycles. The Morgan fingerprint density at radius 3 is 2.33 bits per heavy atom. The van der Waals surface area contributed by atoms with E-state index in [4.69, 9.17) is 23.2 Å². The van der Waals surface area contributed by atoms with Crippen LogP contribution >= 0.6 is 39.1 Å². The fourth-order valence-electron chi connectivity index (χ4n) is 4.16. The van der Waals surface area contributed by atoms with Gasteiger partial charge in [-0.2, -0.15) is 0 Å². The zero-order chi connectivity index (χ0) is 29.3. The number of nitrogens with one attached hydrogen (secondary N) is 1. The maximum atomic E-state index is 14.1. The third-order valence-corrected chi connectivity index (χ3v) is 8.37. The Bertz CT molecular complexity index is 1420. The summed E-state index contributed by atoms with van der Waals surface area (Å²) in [6.07, 6.45) is 2.93. The van der Waals surface area contributed by atoms with Gasteiger partial charge in [-0.1, -0.05) is 94.9 Å². The van der Waals surface area contributed by atoms with Gasteiger partial charge < -0.3 is 10.2 Å². The summed E-state index contributed by atoms with van der Waals surface area (Å²) in [5, 5.41) is 3.35. The molecule has 40 heavy (non-hydrogen) atoms. The zero-order valence-corrected chi connectivity index (χ0v) is 26.2. The molecule has 0 spiro atoms. The first-order chi connectivity index (χ1) is 19.0. The highest BCUT2D eigenvalue weighted by molar-refractivity contribution is 9.10. The fourth-order valence-corrected chi connectivity index (χ4v) is 5.90. The van der Waals surface area contributed by atoms with Crippen LogP contribution in [0.2, 0.25) is 10.0 Å². The molecule has 0 aliphatic heterocycles. The van der Waals surface area contributed by atoms with Gasteiger partial charge in [0.05, 0.1) is 17.0 Å². The molecule has 0 saturated heterocycles. The minimum absolute atomic E-state index is 0.0812. The highest BCUT2D eigenvalue weighted by Crippen LogP contribution is 2.31. The van der Waals surface area contributed by atoms with Crippen LogP contribution in [0.1, 0.15) is 30.9 Å². The number of sulfonamides is 1. The second-order valence-corrected chi connectivity index (χ2v) is 13.0. The van der Waals surface area contributed by atoms with Crippen LogP contribution in [-0.4, -0.2) is 50.5 Å². The number of hydrogen-bond donors (Lipinski definition) is 1. The van der Waals surface area contributed by atoms with E-state index in [0.717, 1.165) is 39.0 Å². The van der Waals surface area contributed by atoms with Crippen molar-refractivity contribution in [3.63, 3.8) is 0 Å². The summed E-state index contributed by atoms with van der Waals surface area (Å²) in [6, 6.07) is 20.3. The number of unbranched alkanes of at least 4 members (excludes halogenated alkanes) is 1. The average molecular weight is 669 g/mol. The monoisotopic (exact) mass is 667 g/mol. The van der Waals surface area contributed by atoms with Gasteiger partial charge in [-0.3, -0.25) is 13.9 Å². The van der Waals surface area contributed by atoms with Crippen molar-refractivity contribution >= 4 is 66.7 Å². The van der Waals surface area contributed by atoms with Gasteiger partial charge >= 0.3 is 0 Å². The van der Waals surface area contributed by atoms with Crippen LogP contribution in [-0.2, 0) is 32.6 Å². The summed E-state index contributed by atoms with van der Waals surface area (Å²) in [7, 11) is -3.95. The number of hydrogen-bond acceptors (Lipinski definition) is 4. The van der Waals surface area contributed by atoms with Gasteiger partial charge in [0.2, 0.25) is 21.8 Å². The molecule has 7 nitrogen and oxygen atoms in total. The van der Waals surface area contributed by atoms with Crippen molar-refractivity contribution in [3.8, 4) is 0 Å². The first-order valence-electron chi connectivity index (χ1n) is 12.8. The first-order valence-corrected chi connectivity index (χ1v) is 16.2. The molecule has 1 unspecified atom stereocenters. The van der Waals surface area contributed by atoms with E-state index in [0.29, 0.717) is 6.54 Å². The molecular formula is C29H32BrCl2N3O4S. The van der Waals surface area contributed by atoms with Crippen LogP contribution in [0.25, 0.3) is 0 Å². The predicted molar refractivity (Wildman–Crippen MR) is 165 cm³/mol. The molecule has 214 valence electrons. The molecular weight excluding hydrogens is 637 g/mol. The van der Waals surface area contributed by atoms with Gasteiger partial charge in [0, 0.05) is 29.0 Å². The zero-order valence-electron chi connectivity index (χ0n) is 22.3. The summed E-state index contributed by atoms with van der Waals surface area (Å²) in [5.41, 5.74) is 1.72. The first kappa shape index (κ1) is 31.9. The number of halogens is 3. The number of carbonyl (C=O) groups is 2. The molecule has 0 fully saturated rings. The van der Waals surface area contributed by atoms with E-state index >= 15 is 0 Å². The van der Waals surface area contributed by atoms with Crippen LogP contribution in [0.15, 0.2) is 77.3 Å². The van der Waals surface area contributed by atoms with Crippen molar-refractivity contribution in [3.05, 3.63) is 98.4 Å². The van der Waals surface area contributed by atoms with Crippen molar-refractivity contribution in [2.45, 2.75) is 38.8 Å². The lowest BCUT2D eigenvalue weighted by Crippen LogP contribution is -2.53. The normalized spacial score (nSPS) is 12.0. The Hall–Kier alpha value is -2.59. The van der Waals surface area contributed by atoms with Crippen molar-refractivity contribution < 1.29 is 18.0 Å². The van der Waals surface area contributed by atoms with Gasteiger partial charge in [-0.25, -0.2) is 8.42 Å². The van der Waals surface area contributed by atoms with E-state index in [1.54, 1.807) is 0 Å². The number of benzene rings is 3. The van der Waals surface area contributed by atoms with E-state index in [2.05, 4.69) is 21.2 Å². The lowest BCUT2D eigenvalue weighted by molar-refractivity contribution is -0.140. The molecule has 3 rings (SSSR count). The minimum Gasteiger partial charge on any atom is -0.354 e. The predicted octanol–water partition coefficient (Wildman–Crippen LogP) is 6.08. The SMILES string of the molecule is CCCCNC(=O)C(Cc1ccccc1)N(Cc1cccc(Br)c1)C(=O)CN(c1cc(Cl)ccc1Cl)S(C)(=O)=O. The topological polar surface area (TPSA) is 86.8 Å². The molecule has 3 aromatic carbocycles. The molecule has 2 amide bonds. The summed E-state index contributed by atoms with van der Waals surface area (Å²) >= 11 is 15.9. The van der Waals surface area contributed by atoms with Crippen molar-refractivity contribution in [2.24, 2.45) is 0 Å². The molecule has 0 saturated carbocycles. The second kappa shape index (κ2) is 14.9. The summed E-state index contributed by atoms with van der Waals surface area (Å²) < 4.78 is 27.5. The van der Waals surface area contributed by atoms with Gasteiger partial charge in [0.25, 0.3) is 0 Å². The van der Waals surface area contributed by atoms with Gasteiger partial charge in [0.1, 0.15) is 12.6 Å². The highest BCUT2D eigenvalue weighted by atomic mass is 79.9. The lowest BCUT2D eigenvalue weighted by atomic mass is 10.0. The number of nitrogens with zero attached hydrogens (tertiary/aromatic N) is 2. The molecule has 1 atom stereocenters. The van der Waals surface area contributed by atoms with Crippen molar-refractivity contribution in [1.82, 2.24) is 10.2 Å². The van der Waals surface area contributed by atoms with Crippen LogP contribution in [0.3, 0.4) is 0 Å². The van der Waals surface area contributed by atoms with E-state index in [9.17, 15) is 18.0 Å². The highest BCUT2D eigenvalue weighted by Gasteiger charge is 2.33. The quantitative estimate of drug-likeness (QED) is 0.224. The van der Waals surface area contributed by atoms with Crippen LogP contribution in [0.4, 0.5) is 5.69 Å². The van der Waals surface area contributed by atoms with Crippen molar-refractivity contribution in [2.75, 3.05) is 23.7 Å². The van der Waals surface area contributed by atoms with E-state index in [1.807, 2.05) is 61.5 Å². The molecule has 0 aliphatic carbocycles. The fraction of sp³-hybridized carbons (Fsp3) is 0.310. The van der Waals surface area contributed by atoms with E-state index < -0.39 is 28.5 Å². The Morgan fingerprint density at radius 2 is 1.68 bits per heavy atom. The summed E-state index contributed by atoms with van der Waals surface area (Å²) in [4.78, 5) is 29.1. The van der Waals surface area contributed by atoms with Gasteiger partial charge in [-0.15, -0.1) is 0 Å². The Balaban J connectivity index is 2.06. The molecule has 3 aromatic rings. The van der Waals surface area contributed by atoms with Crippen LogP contribution in [0.5, 0.6) is 0 Å². The minimum atomic E-state index is -3.95. The lowest BCUT2D eigenvalue weighted by Gasteiger charge is -2.33. The second-order valence-electron chi connectivity index (χ2n) is 9.37. The van der Waals surface area contributed by atoms with Crippen LogP contribution < -0.4 is 9.62 Å². The molecule has 11 heteroatoms. The molecule has 0 bridgehead atoms. The average Bonchev–Trinajstić information content (AvgIpc) is 2.90. The maximum Gasteiger partial charge on any atom is 0.244 e. The summed E-state index contributed by atoms with van der Waals surface area (Å²) in [6.45, 7) is 2.00. The van der Waals surface area contributed by atoms with Crippen LogP contribution in [0, 0.1) is 0 Å². The number of carbonyl (C=O) groups excluding carboxylic acids is 2. The van der Waals surface area contributed by atoms with Gasteiger partial charge in [0.15, 0.2) is 0 Å². The number of amides is 2. The van der Waals surface area contributed by atoms with E-state index in [1.165, 1.54) is 23.1 Å². The van der Waals surface area contributed by atoms with Crippen molar-refractivity contribution in [1.29, 1.82) is 0 Å². The molecule has 1 N–H and O–H groups in total. The van der Waals surface area contributed by atoms with Gasteiger partial charge in [-0.05, 0) is 47.9 Å². The Kier molecular flexibility index (Phi) is 11.9. The van der Waals surface area contributed by atoms with E-state index in [-0.39, 0.29) is 34.6 Å².